The van der Waals surface area contributed by atoms with E-state index in [-0.39, 0.29) is 43.0 Å². The molecule has 4 rings (SSSR count). The number of benzene rings is 2. The van der Waals surface area contributed by atoms with Crippen molar-refractivity contribution in [2.45, 2.75) is 39.2 Å². The second-order valence-corrected chi connectivity index (χ2v) is 10.1. The molecule has 2 aromatic carbocycles. The molecule has 2 aromatic rings. The van der Waals surface area contributed by atoms with Crippen molar-refractivity contribution in [1.29, 1.82) is 0 Å². The maximum Gasteiger partial charge on any atom is 0.226 e. The number of aliphatic imine (C=N–C) groups is 1. The first-order valence-corrected chi connectivity index (χ1v) is 13.3. The monoisotopic (exact) mass is 536 g/mol. The summed E-state index contributed by atoms with van der Waals surface area (Å²) in [6, 6.07) is 12.7. The number of ether oxygens (including phenoxy) is 2. The van der Waals surface area contributed by atoms with Crippen molar-refractivity contribution in [3.63, 3.8) is 0 Å². The molecule has 2 heterocycles. The van der Waals surface area contributed by atoms with E-state index in [0.717, 1.165) is 11.3 Å². The van der Waals surface area contributed by atoms with Crippen LogP contribution in [0, 0.1) is 12.8 Å². The Hall–Kier alpha value is -3.60. The molecule has 1 unspecified atom stereocenters. The van der Waals surface area contributed by atoms with E-state index in [1.54, 1.807) is 24.3 Å². The highest BCUT2D eigenvalue weighted by molar-refractivity contribution is 6.28. The summed E-state index contributed by atoms with van der Waals surface area (Å²) in [4.78, 5) is 43.4. The minimum absolute atomic E-state index is 0.00457. The van der Waals surface area contributed by atoms with Gasteiger partial charge in [-0.1, -0.05) is 25.5 Å². The molecular weight excluding hydrogens is 500 g/mol. The molecule has 1 atom stereocenters. The number of rotatable bonds is 12. The van der Waals surface area contributed by atoms with Gasteiger partial charge in [0.05, 0.1) is 38.5 Å². The summed E-state index contributed by atoms with van der Waals surface area (Å²) in [6.45, 7) is 7.89. The highest BCUT2D eigenvalue weighted by Gasteiger charge is 2.52. The third-order valence-electron chi connectivity index (χ3n) is 6.70. The number of nitrogens with one attached hydrogen (secondary N) is 2. The van der Waals surface area contributed by atoms with E-state index in [1.165, 1.54) is 0 Å². The Balaban J connectivity index is 1.21. The van der Waals surface area contributed by atoms with Gasteiger partial charge in [-0.15, -0.1) is 0 Å². The van der Waals surface area contributed by atoms with Gasteiger partial charge in [0.1, 0.15) is 5.84 Å². The molecule has 2 aliphatic rings. The zero-order valence-corrected chi connectivity index (χ0v) is 22.7. The number of anilines is 2. The number of carbonyl (C=O) groups excluding carboxylic acids is 3. The molecule has 39 heavy (non-hydrogen) atoms. The smallest absolute Gasteiger partial charge is 0.226 e. The predicted octanol–water partition coefficient (Wildman–Crippen LogP) is 3.00. The molecule has 0 saturated carbocycles. The van der Waals surface area contributed by atoms with Crippen LogP contribution in [0.4, 0.5) is 17.1 Å². The van der Waals surface area contributed by atoms with E-state index >= 15 is 0 Å². The third kappa shape index (κ3) is 6.70. The normalized spacial score (nSPS) is 18.0. The number of Topliss-reactive ketones (excluding diaryl/α,β-unsaturated/α-hetero) is 1. The molecule has 1 saturated heterocycles. The Labute approximate surface area is 228 Å². The fourth-order valence-electron chi connectivity index (χ4n) is 4.49. The first-order chi connectivity index (χ1) is 18.7. The minimum Gasteiger partial charge on any atom is -0.379 e. The largest absolute Gasteiger partial charge is 0.379 e. The molecule has 0 aliphatic carbocycles. The lowest BCUT2D eigenvalue weighted by Gasteiger charge is -2.29. The molecule has 1 fully saturated rings. The van der Waals surface area contributed by atoms with E-state index in [0.29, 0.717) is 55.7 Å². The molecule has 0 aromatic heterocycles. The molecule has 10 nitrogen and oxygen atoms in total. The number of ketones is 1. The minimum atomic E-state index is -1.64. The lowest BCUT2D eigenvalue weighted by Crippen LogP contribution is -2.48. The van der Waals surface area contributed by atoms with Gasteiger partial charge >= 0.3 is 0 Å². The number of nitrogens with zero attached hydrogens (tertiary/aromatic N) is 2. The highest BCUT2D eigenvalue weighted by atomic mass is 16.5. The summed E-state index contributed by atoms with van der Waals surface area (Å²) < 4.78 is 10.9. The van der Waals surface area contributed by atoms with Crippen LogP contribution < -0.4 is 15.5 Å². The van der Waals surface area contributed by atoms with Crippen LogP contribution in [-0.2, 0) is 19.1 Å². The van der Waals surface area contributed by atoms with Crippen LogP contribution >= 0.6 is 0 Å². The SMILES string of the molecule is Cc1ccc2c(c1)C(=O)C1(O)CCN(c3ccc(NC(=O)CCOCCOCCNC(=O)C(C)C)cc3)C1=N2. The highest BCUT2D eigenvalue weighted by Crippen LogP contribution is 2.39. The summed E-state index contributed by atoms with van der Waals surface area (Å²) in [5, 5.41) is 16.8. The molecule has 0 radical (unpaired) electrons. The van der Waals surface area contributed by atoms with Crippen molar-refractivity contribution in [2.75, 3.05) is 49.7 Å². The molecule has 3 N–H and O–H groups in total. The summed E-state index contributed by atoms with van der Waals surface area (Å²) >= 11 is 0. The predicted molar refractivity (Wildman–Crippen MR) is 149 cm³/mol. The topological polar surface area (TPSA) is 130 Å². The summed E-state index contributed by atoms with van der Waals surface area (Å²) in [5.41, 5.74) is 1.72. The number of aliphatic hydroxyl groups is 1. The van der Waals surface area contributed by atoms with Crippen LogP contribution in [0.5, 0.6) is 0 Å². The second kappa shape index (κ2) is 12.5. The summed E-state index contributed by atoms with van der Waals surface area (Å²) in [7, 11) is 0. The first-order valence-electron chi connectivity index (χ1n) is 13.3. The zero-order valence-electron chi connectivity index (χ0n) is 22.7. The molecule has 2 amide bonds. The lowest BCUT2D eigenvalue weighted by molar-refractivity contribution is -0.124. The number of carbonyl (C=O) groups is 3. The van der Waals surface area contributed by atoms with Crippen LogP contribution in [0.15, 0.2) is 47.5 Å². The standard InChI is InChI=1S/C29H36N4O6/c1-19(2)27(36)30-12-15-39-17-16-38-14-10-25(34)31-21-5-7-22(8-6-21)33-13-11-29(37)26(35)23-18-20(3)4-9-24(23)32-28(29)33/h4-9,18-19,37H,10-17H2,1-3H3,(H,30,36)(H,31,34). The zero-order chi connectivity index (χ0) is 28.0. The van der Waals surface area contributed by atoms with Crippen molar-refractivity contribution >= 4 is 40.5 Å². The van der Waals surface area contributed by atoms with E-state index in [9.17, 15) is 19.5 Å². The van der Waals surface area contributed by atoms with Gasteiger partial charge in [-0.25, -0.2) is 4.99 Å². The van der Waals surface area contributed by atoms with Crippen LogP contribution in [0.25, 0.3) is 0 Å². The van der Waals surface area contributed by atoms with Gasteiger partial charge in [-0.2, -0.15) is 0 Å². The number of aryl methyl sites for hydroxylation is 1. The molecule has 0 spiro atoms. The van der Waals surface area contributed by atoms with E-state index in [2.05, 4.69) is 15.6 Å². The van der Waals surface area contributed by atoms with Gasteiger partial charge in [-0.05, 0) is 43.3 Å². The van der Waals surface area contributed by atoms with Crippen molar-refractivity contribution in [2.24, 2.45) is 10.9 Å². The van der Waals surface area contributed by atoms with Crippen molar-refractivity contribution in [3.05, 3.63) is 53.6 Å². The van der Waals surface area contributed by atoms with Gasteiger partial charge in [0.2, 0.25) is 17.6 Å². The van der Waals surface area contributed by atoms with Crippen LogP contribution in [0.3, 0.4) is 0 Å². The number of hydrogen-bond donors (Lipinski definition) is 3. The van der Waals surface area contributed by atoms with E-state index < -0.39 is 5.60 Å². The fourth-order valence-corrected chi connectivity index (χ4v) is 4.49. The second-order valence-electron chi connectivity index (χ2n) is 10.1. The Bertz CT molecular complexity index is 1240. The van der Waals surface area contributed by atoms with Crippen LogP contribution in [-0.4, -0.2) is 73.7 Å². The molecule has 10 heteroatoms. The van der Waals surface area contributed by atoms with Crippen LogP contribution in [0.2, 0.25) is 0 Å². The third-order valence-corrected chi connectivity index (χ3v) is 6.70. The van der Waals surface area contributed by atoms with E-state index in [1.807, 2.05) is 43.9 Å². The average molecular weight is 537 g/mol. The quantitative estimate of drug-likeness (QED) is 0.356. The van der Waals surface area contributed by atoms with Gasteiger partial charge in [0.25, 0.3) is 0 Å². The van der Waals surface area contributed by atoms with Crippen molar-refractivity contribution in [1.82, 2.24) is 5.32 Å². The number of amidine groups is 1. The fraction of sp³-hybridized carbons (Fsp3) is 0.448. The number of fused-ring (bicyclic) bond motifs is 2. The number of amides is 2. The first kappa shape index (κ1) is 28.4. The molecule has 208 valence electrons. The van der Waals surface area contributed by atoms with Crippen LogP contribution in [0.1, 0.15) is 42.6 Å². The lowest BCUT2D eigenvalue weighted by atomic mass is 9.87. The van der Waals surface area contributed by atoms with Crippen molar-refractivity contribution in [3.8, 4) is 0 Å². The Kier molecular flexibility index (Phi) is 9.11. The Morgan fingerprint density at radius 1 is 1.08 bits per heavy atom. The van der Waals surface area contributed by atoms with Gasteiger partial charge in [0, 0.05) is 42.4 Å². The van der Waals surface area contributed by atoms with E-state index in [4.69, 9.17) is 9.47 Å². The molecule has 0 bridgehead atoms. The molecule has 2 aliphatic heterocycles. The van der Waals surface area contributed by atoms with Gasteiger partial charge < -0.3 is 30.1 Å². The van der Waals surface area contributed by atoms with Gasteiger partial charge in [-0.3, -0.25) is 14.4 Å². The Morgan fingerprint density at radius 3 is 2.51 bits per heavy atom. The maximum absolute atomic E-state index is 13.1. The summed E-state index contributed by atoms with van der Waals surface area (Å²) in [6.07, 6.45) is 0.458. The molecular formula is C29H36N4O6. The summed E-state index contributed by atoms with van der Waals surface area (Å²) in [5.74, 6) is -0.214. The van der Waals surface area contributed by atoms with Gasteiger partial charge in [0.15, 0.2) is 5.60 Å². The average Bonchev–Trinajstić information content (AvgIpc) is 3.26. The number of hydrogen-bond acceptors (Lipinski definition) is 8. The van der Waals surface area contributed by atoms with Crippen molar-refractivity contribution < 1.29 is 29.0 Å². The Morgan fingerprint density at radius 2 is 1.79 bits per heavy atom. The maximum atomic E-state index is 13.1.